The van der Waals surface area contributed by atoms with Crippen molar-refractivity contribution >= 4 is 27.5 Å². The van der Waals surface area contributed by atoms with Crippen LogP contribution in [0.5, 0.6) is 11.5 Å². The SMILES string of the molecule is Cc1ccc(Oc2ccc(N(C[C@H](NC(=O)C(C)C)C(N)=O)S(C)(=O)=O)cc2)cc1. The van der Waals surface area contributed by atoms with Gasteiger partial charge in [0, 0.05) is 5.92 Å². The molecule has 2 aromatic rings. The number of nitrogens with one attached hydrogen (secondary N) is 1. The lowest BCUT2D eigenvalue weighted by Crippen LogP contribution is -2.53. The highest BCUT2D eigenvalue weighted by molar-refractivity contribution is 7.92. The quantitative estimate of drug-likeness (QED) is 0.628. The summed E-state index contributed by atoms with van der Waals surface area (Å²) in [5, 5.41) is 2.49. The fourth-order valence-corrected chi connectivity index (χ4v) is 3.49. The largest absolute Gasteiger partial charge is 0.457 e. The molecule has 9 heteroatoms. The molecule has 2 rings (SSSR count). The lowest BCUT2D eigenvalue weighted by atomic mass is 10.1. The van der Waals surface area contributed by atoms with Crippen LogP contribution in [0.1, 0.15) is 19.4 Å². The molecule has 0 heterocycles. The first kappa shape index (κ1) is 23.2. The molecule has 0 unspecified atom stereocenters. The molecular formula is C21H27N3O5S. The van der Waals surface area contributed by atoms with Crippen molar-refractivity contribution in [2.75, 3.05) is 17.1 Å². The van der Waals surface area contributed by atoms with Crippen LogP contribution in [0, 0.1) is 12.8 Å². The van der Waals surface area contributed by atoms with Crippen molar-refractivity contribution in [1.29, 1.82) is 0 Å². The Balaban J connectivity index is 2.23. The Morgan fingerprint density at radius 2 is 1.53 bits per heavy atom. The molecule has 0 fully saturated rings. The van der Waals surface area contributed by atoms with Gasteiger partial charge in [-0.3, -0.25) is 13.9 Å². The van der Waals surface area contributed by atoms with E-state index in [2.05, 4.69) is 5.32 Å². The van der Waals surface area contributed by atoms with Crippen LogP contribution in [0.4, 0.5) is 5.69 Å². The van der Waals surface area contributed by atoms with Gasteiger partial charge in [-0.15, -0.1) is 0 Å². The van der Waals surface area contributed by atoms with Crippen molar-refractivity contribution < 1.29 is 22.7 Å². The van der Waals surface area contributed by atoms with Crippen molar-refractivity contribution in [3.05, 3.63) is 54.1 Å². The van der Waals surface area contributed by atoms with Crippen molar-refractivity contribution in [1.82, 2.24) is 5.32 Å². The Morgan fingerprint density at radius 1 is 1.03 bits per heavy atom. The summed E-state index contributed by atoms with van der Waals surface area (Å²) in [5.41, 5.74) is 6.81. The number of nitrogens with two attached hydrogens (primary N) is 1. The van der Waals surface area contributed by atoms with Crippen LogP contribution < -0.4 is 20.1 Å². The number of carbonyl (C=O) groups excluding carboxylic acids is 2. The van der Waals surface area contributed by atoms with Crippen molar-refractivity contribution in [2.24, 2.45) is 11.7 Å². The van der Waals surface area contributed by atoms with Gasteiger partial charge in [0.15, 0.2) is 0 Å². The lowest BCUT2D eigenvalue weighted by Gasteiger charge is -2.27. The Hall–Kier alpha value is -3.07. The molecule has 2 amide bonds. The molecule has 0 aromatic heterocycles. The number of carbonyl (C=O) groups is 2. The topological polar surface area (TPSA) is 119 Å². The standard InChI is InChI=1S/C21H27N3O5S/c1-14(2)21(26)23-19(20(22)25)13-24(30(4,27)28)16-7-11-18(12-8-16)29-17-9-5-15(3)6-10-17/h5-12,14,19H,13H2,1-4H3,(H2,22,25)(H,23,26)/t19-/m0/s1. The zero-order valence-corrected chi connectivity index (χ0v) is 18.3. The van der Waals surface area contributed by atoms with Gasteiger partial charge in [-0.1, -0.05) is 31.5 Å². The molecule has 0 saturated heterocycles. The van der Waals surface area contributed by atoms with E-state index < -0.39 is 27.9 Å². The van der Waals surface area contributed by atoms with Crippen molar-refractivity contribution in [3.63, 3.8) is 0 Å². The predicted octanol–water partition coefficient (Wildman–Crippen LogP) is 2.18. The maximum atomic E-state index is 12.3. The lowest BCUT2D eigenvalue weighted by molar-refractivity contribution is -0.129. The zero-order chi connectivity index (χ0) is 22.5. The minimum absolute atomic E-state index is 0.315. The minimum atomic E-state index is -3.75. The van der Waals surface area contributed by atoms with Crippen LogP contribution in [0.25, 0.3) is 0 Å². The number of hydrogen-bond donors (Lipinski definition) is 2. The number of anilines is 1. The van der Waals surface area contributed by atoms with Crippen LogP contribution in [-0.4, -0.2) is 39.1 Å². The molecule has 2 aromatic carbocycles. The van der Waals surface area contributed by atoms with E-state index in [4.69, 9.17) is 10.5 Å². The predicted molar refractivity (Wildman–Crippen MR) is 116 cm³/mol. The van der Waals surface area contributed by atoms with E-state index in [0.29, 0.717) is 17.2 Å². The number of rotatable bonds is 9. The Labute approximate surface area is 177 Å². The Morgan fingerprint density at radius 3 is 1.97 bits per heavy atom. The molecule has 0 spiro atoms. The number of primary amides is 1. The van der Waals surface area contributed by atoms with Crippen molar-refractivity contribution in [3.8, 4) is 11.5 Å². The van der Waals surface area contributed by atoms with E-state index in [1.165, 1.54) is 0 Å². The molecule has 0 radical (unpaired) electrons. The highest BCUT2D eigenvalue weighted by Gasteiger charge is 2.27. The summed E-state index contributed by atoms with van der Waals surface area (Å²) >= 11 is 0. The number of hydrogen-bond acceptors (Lipinski definition) is 5. The fraction of sp³-hybridized carbons (Fsp3) is 0.333. The zero-order valence-electron chi connectivity index (χ0n) is 17.5. The van der Waals surface area contributed by atoms with Gasteiger partial charge in [0.05, 0.1) is 18.5 Å². The Kier molecular flexibility index (Phi) is 7.44. The molecule has 0 saturated carbocycles. The smallest absolute Gasteiger partial charge is 0.241 e. The number of amides is 2. The van der Waals surface area contributed by atoms with E-state index in [1.807, 2.05) is 31.2 Å². The first-order valence-electron chi connectivity index (χ1n) is 9.39. The number of aryl methyl sites for hydroxylation is 1. The highest BCUT2D eigenvalue weighted by atomic mass is 32.2. The van der Waals surface area contributed by atoms with Gasteiger partial charge in [-0.2, -0.15) is 0 Å². The highest BCUT2D eigenvalue weighted by Crippen LogP contribution is 2.26. The Bertz CT molecular complexity index is 986. The van der Waals surface area contributed by atoms with E-state index in [-0.39, 0.29) is 12.5 Å². The number of sulfonamides is 1. The van der Waals surface area contributed by atoms with E-state index >= 15 is 0 Å². The molecule has 0 bridgehead atoms. The van der Waals surface area contributed by atoms with Gasteiger partial charge in [0.25, 0.3) is 0 Å². The second kappa shape index (κ2) is 9.62. The summed E-state index contributed by atoms with van der Waals surface area (Å²) < 4.78 is 31.5. The van der Waals surface area contributed by atoms with Gasteiger partial charge in [-0.05, 0) is 43.3 Å². The van der Waals surface area contributed by atoms with Crippen LogP contribution in [-0.2, 0) is 19.6 Å². The summed E-state index contributed by atoms with van der Waals surface area (Å²) in [5.74, 6) is -0.420. The van der Waals surface area contributed by atoms with E-state index in [9.17, 15) is 18.0 Å². The molecule has 0 aliphatic heterocycles. The third-order valence-electron chi connectivity index (χ3n) is 4.31. The van der Waals surface area contributed by atoms with Gasteiger partial charge in [0.2, 0.25) is 21.8 Å². The average Bonchev–Trinajstić information content (AvgIpc) is 2.66. The first-order valence-corrected chi connectivity index (χ1v) is 11.2. The monoisotopic (exact) mass is 433 g/mol. The van der Waals surface area contributed by atoms with E-state index in [0.717, 1.165) is 16.1 Å². The molecule has 0 aliphatic carbocycles. The summed E-state index contributed by atoms with van der Waals surface area (Å²) in [6, 6.07) is 12.7. The van der Waals surface area contributed by atoms with Crippen LogP contribution >= 0.6 is 0 Å². The summed E-state index contributed by atoms with van der Waals surface area (Å²) in [6.07, 6.45) is 1.02. The summed E-state index contributed by atoms with van der Waals surface area (Å²) in [4.78, 5) is 23.8. The van der Waals surface area contributed by atoms with Crippen molar-refractivity contribution in [2.45, 2.75) is 26.8 Å². The van der Waals surface area contributed by atoms with Gasteiger partial charge < -0.3 is 15.8 Å². The summed E-state index contributed by atoms with van der Waals surface area (Å²) in [7, 11) is -3.75. The second-order valence-corrected chi connectivity index (χ2v) is 9.23. The fourth-order valence-electron chi connectivity index (χ4n) is 2.57. The number of ether oxygens (including phenoxy) is 1. The molecule has 1 atom stereocenters. The van der Waals surface area contributed by atoms with Gasteiger partial charge in [0.1, 0.15) is 17.5 Å². The minimum Gasteiger partial charge on any atom is -0.457 e. The van der Waals surface area contributed by atoms with Crippen LogP contribution in [0.3, 0.4) is 0 Å². The first-order chi connectivity index (χ1) is 14.0. The maximum Gasteiger partial charge on any atom is 0.241 e. The summed E-state index contributed by atoms with van der Waals surface area (Å²) in [6.45, 7) is 4.98. The van der Waals surface area contributed by atoms with E-state index in [1.54, 1.807) is 38.1 Å². The van der Waals surface area contributed by atoms with Gasteiger partial charge in [-0.25, -0.2) is 8.42 Å². The molecule has 162 valence electrons. The van der Waals surface area contributed by atoms with Gasteiger partial charge >= 0.3 is 0 Å². The second-order valence-electron chi connectivity index (χ2n) is 7.32. The molecule has 8 nitrogen and oxygen atoms in total. The van der Waals surface area contributed by atoms with Crippen LogP contribution in [0.15, 0.2) is 48.5 Å². The molecule has 0 aliphatic rings. The third kappa shape index (κ3) is 6.48. The molecular weight excluding hydrogens is 406 g/mol. The maximum absolute atomic E-state index is 12.3. The third-order valence-corrected chi connectivity index (χ3v) is 5.47. The average molecular weight is 434 g/mol. The molecule has 30 heavy (non-hydrogen) atoms. The number of nitrogens with zero attached hydrogens (tertiary/aromatic N) is 1. The molecule has 3 N–H and O–H groups in total. The normalized spacial score (nSPS) is 12.3. The van der Waals surface area contributed by atoms with Crippen LogP contribution in [0.2, 0.25) is 0 Å². The number of benzene rings is 2.